The third-order valence-electron chi connectivity index (χ3n) is 2.91. The van der Waals surface area contributed by atoms with Gasteiger partial charge >= 0.3 is 5.91 Å². The van der Waals surface area contributed by atoms with E-state index in [4.69, 9.17) is 0 Å². The fourth-order valence-corrected chi connectivity index (χ4v) is 3.47. The van der Waals surface area contributed by atoms with Gasteiger partial charge in [0.15, 0.2) is 12.1 Å². The van der Waals surface area contributed by atoms with E-state index in [1.54, 1.807) is 14.0 Å². The fraction of sp³-hybridized carbons (Fsp3) is 0.455. The molecule has 0 N–H and O–H groups in total. The van der Waals surface area contributed by atoms with E-state index >= 15 is 0 Å². The lowest BCUT2D eigenvalue weighted by Crippen LogP contribution is -2.47. The number of carbonyl (C=O) groups is 1. The summed E-state index contributed by atoms with van der Waals surface area (Å²) in [4.78, 5) is 14.6. The summed E-state index contributed by atoms with van der Waals surface area (Å²) in [6.45, 7) is 1.65. The summed E-state index contributed by atoms with van der Waals surface area (Å²) in [5.41, 5.74) is -0.934. The summed E-state index contributed by atoms with van der Waals surface area (Å²) in [6, 6.07) is 0. The summed E-state index contributed by atoms with van der Waals surface area (Å²) in [6.07, 6.45) is 0.400. The van der Waals surface area contributed by atoms with E-state index in [1.807, 2.05) is 0 Å². The van der Waals surface area contributed by atoms with Gasteiger partial charge in [0.2, 0.25) is 17.3 Å². The number of quaternary nitrogens is 1. The van der Waals surface area contributed by atoms with Crippen molar-refractivity contribution in [1.82, 2.24) is 13.2 Å². The average molecular weight is 310 g/mol. The molecule has 1 fully saturated rings. The Labute approximate surface area is 117 Å². The largest absolute Gasteiger partial charge is 0.346 e. The van der Waals surface area contributed by atoms with Crippen LogP contribution in [0.3, 0.4) is 0 Å². The van der Waals surface area contributed by atoms with Gasteiger partial charge in [-0.3, -0.25) is 0 Å². The summed E-state index contributed by atoms with van der Waals surface area (Å²) >= 11 is 0.825. The van der Waals surface area contributed by atoms with Crippen molar-refractivity contribution in [2.75, 3.05) is 20.1 Å². The molecule has 1 aliphatic rings. The molecule has 0 saturated carbocycles. The van der Waals surface area contributed by atoms with Crippen molar-refractivity contribution >= 4 is 23.7 Å². The minimum Gasteiger partial charge on any atom is -0.228 e. The fourth-order valence-electron chi connectivity index (χ4n) is 2.17. The summed E-state index contributed by atoms with van der Waals surface area (Å²) in [5, 5.41) is 0. The van der Waals surface area contributed by atoms with E-state index in [0.717, 1.165) is 12.1 Å². The van der Waals surface area contributed by atoms with Crippen molar-refractivity contribution in [2.24, 2.45) is 0 Å². The van der Waals surface area contributed by atoms with E-state index in [0.29, 0.717) is 6.42 Å². The number of carbonyl (C=O) groups excluding carboxylic acids is 1. The normalized spacial score (nSPS) is 23.6. The molecule has 2 rings (SSSR count). The molecule has 0 bridgehead atoms. The molecular formula is C11H12F4N3OS+. The van der Waals surface area contributed by atoms with Gasteiger partial charge in [0.25, 0.3) is 11.9 Å². The number of aromatic nitrogens is 1. The van der Waals surface area contributed by atoms with Crippen LogP contribution >= 0.6 is 12.1 Å². The predicted molar refractivity (Wildman–Crippen MR) is 66.2 cm³/mol. The predicted octanol–water partition coefficient (Wildman–Crippen LogP) is 2.39. The Kier molecular flexibility index (Phi) is 4.03. The molecule has 1 aliphatic heterocycles. The maximum Gasteiger partial charge on any atom is 0.346 e. The Morgan fingerprint density at radius 1 is 1.25 bits per heavy atom. The molecule has 9 heteroatoms. The highest BCUT2D eigenvalue weighted by atomic mass is 32.2. The molecule has 20 heavy (non-hydrogen) atoms. The Hall–Kier alpha value is -1.19. The topological polar surface area (TPSA) is 33.2 Å². The van der Waals surface area contributed by atoms with Crippen LogP contribution in [0.25, 0.3) is 0 Å². The molecule has 0 aromatic carbocycles. The van der Waals surface area contributed by atoms with Gasteiger partial charge in [-0.15, -0.1) is 3.89 Å². The third kappa shape index (κ3) is 2.19. The van der Waals surface area contributed by atoms with E-state index in [2.05, 4.69) is 4.98 Å². The number of rotatable bonds is 3. The molecule has 2 heterocycles. The van der Waals surface area contributed by atoms with Crippen molar-refractivity contribution in [3.05, 3.63) is 23.5 Å². The highest BCUT2D eigenvalue weighted by Gasteiger charge is 2.53. The lowest BCUT2D eigenvalue weighted by Gasteiger charge is -2.27. The van der Waals surface area contributed by atoms with E-state index < -0.39 is 39.0 Å². The zero-order valence-electron chi connectivity index (χ0n) is 10.8. The van der Waals surface area contributed by atoms with E-state index in [9.17, 15) is 22.4 Å². The summed E-state index contributed by atoms with van der Waals surface area (Å²) < 4.78 is 55.0. The number of halogens is 4. The van der Waals surface area contributed by atoms with Gasteiger partial charge < -0.3 is 0 Å². The van der Waals surface area contributed by atoms with Gasteiger partial charge in [-0.05, 0) is 6.42 Å². The molecule has 1 amide bonds. The van der Waals surface area contributed by atoms with Crippen LogP contribution in [0.15, 0.2) is 0 Å². The lowest BCUT2D eigenvalue weighted by molar-refractivity contribution is -0.124. The Balaban J connectivity index is 2.71. The van der Waals surface area contributed by atoms with Crippen LogP contribution in [0.2, 0.25) is 0 Å². The van der Waals surface area contributed by atoms with Crippen molar-refractivity contribution in [3.8, 4) is 0 Å². The minimum absolute atomic E-state index is 0.0184. The second kappa shape index (κ2) is 5.30. The van der Waals surface area contributed by atoms with Crippen molar-refractivity contribution < 1.29 is 22.4 Å². The molecule has 0 radical (unpaired) electrons. The molecule has 1 saturated heterocycles. The van der Waals surface area contributed by atoms with Gasteiger partial charge in [0, 0.05) is 7.05 Å². The zero-order valence-corrected chi connectivity index (χ0v) is 11.6. The SMILES string of the molecule is CCC[N+]1(c2c(F)c(F)nc(F)c2F)SN(C)CC1=O. The molecule has 0 aliphatic carbocycles. The lowest BCUT2D eigenvalue weighted by atomic mass is 10.2. The second-order valence-corrected chi connectivity index (χ2v) is 5.80. The maximum absolute atomic E-state index is 13.9. The average Bonchev–Trinajstić information content (AvgIpc) is 2.63. The minimum atomic E-state index is -1.75. The van der Waals surface area contributed by atoms with E-state index in [-0.39, 0.29) is 13.1 Å². The highest BCUT2D eigenvalue weighted by molar-refractivity contribution is 7.97. The number of hydrogen-bond acceptors (Lipinski definition) is 4. The Morgan fingerprint density at radius 2 is 1.80 bits per heavy atom. The number of nitrogens with zero attached hydrogens (tertiary/aromatic N) is 3. The van der Waals surface area contributed by atoms with Crippen LogP contribution in [0.4, 0.5) is 23.2 Å². The standard InChI is InChI=1S/C11H12F4N3OS/c1-3-4-18(6(19)5-17(2)20-18)9-7(12)10(14)16-11(15)8(9)13/h3-5H2,1-2H3/q+1. The molecular weight excluding hydrogens is 298 g/mol. The van der Waals surface area contributed by atoms with Gasteiger partial charge in [0.1, 0.15) is 13.1 Å². The molecule has 1 aromatic heterocycles. The number of amides is 1. The smallest absolute Gasteiger partial charge is 0.228 e. The highest BCUT2D eigenvalue weighted by Crippen LogP contribution is 2.43. The first-order valence-corrected chi connectivity index (χ1v) is 6.59. The van der Waals surface area contributed by atoms with Crippen LogP contribution in [0, 0.1) is 23.5 Å². The van der Waals surface area contributed by atoms with E-state index in [1.165, 1.54) is 4.31 Å². The van der Waals surface area contributed by atoms with Gasteiger partial charge in [-0.25, -0.2) is 4.79 Å². The van der Waals surface area contributed by atoms with Crippen LogP contribution in [0.5, 0.6) is 0 Å². The first-order chi connectivity index (χ1) is 9.33. The maximum atomic E-state index is 13.9. The molecule has 4 nitrogen and oxygen atoms in total. The summed E-state index contributed by atoms with van der Waals surface area (Å²) in [5.74, 6) is -7.31. The number of pyridine rings is 1. The Morgan fingerprint density at radius 3 is 2.20 bits per heavy atom. The zero-order chi connectivity index (χ0) is 15.1. The van der Waals surface area contributed by atoms with Crippen molar-refractivity contribution in [3.63, 3.8) is 0 Å². The van der Waals surface area contributed by atoms with Gasteiger partial charge in [0.05, 0.1) is 0 Å². The molecule has 110 valence electrons. The van der Waals surface area contributed by atoms with Crippen LogP contribution in [-0.2, 0) is 4.79 Å². The number of likely N-dealkylation sites (N-methyl/N-ethyl adjacent to an activating group) is 1. The molecule has 1 aromatic rings. The van der Waals surface area contributed by atoms with Crippen molar-refractivity contribution in [1.29, 1.82) is 0 Å². The van der Waals surface area contributed by atoms with Crippen molar-refractivity contribution in [2.45, 2.75) is 13.3 Å². The van der Waals surface area contributed by atoms with Crippen LogP contribution in [-0.4, -0.2) is 35.3 Å². The molecule has 1 unspecified atom stereocenters. The van der Waals surface area contributed by atoms with Crippen LogP contribution < -0.4 is 3.89 Å². The molecule has 0 spiro atoms. The quantitative estimate of drug-likeness (QED) is 0.371. The third-order valence-corrected chi connectivity index (χ3v) is 4.17. The van der Waals surface area contributed by atoms with Crippen LogP contribution in [0.1, 0.15) is 13.3 Å². The Bertz CT molecular complexity index is 545. The number of hydrogen-bond donors (Lipinski definition) is 0. The molecule has 1 atom stereocenters. The van der Waals surface area contributed by atoms with Gasteiger partial charge in [-0.1, -0.05) is 6.92 Å². The second-order valence-electron chi connectivity index (χ2n) is 4.39. The van der Waals surface area contributed by atoms with Gasteiger partial charge in [-0.2, -0.15) is 26.9 Å². The first-order valence-electron chi connectivity index (χ1n) is 5.86. The summed E-state index contributed by atoms with van der Waals surface area (Å²) in [7, 11) is 1.56. The first kappa shape index (κ1) is 15.2. The monoisotopic (exact) mass is 310 g/mol.